The van der Waals surface area contributed by atoms with E-state index in [1.807, 2.05) is 30.3 Å². The Morgan fingerprint density at radius 2 is 2.14 bits per heavy atom. The van der Waals surface area contributed by atoms with Crippen molar-refractivity contribution in [2.45, 2.75) is 13.0 Å². The minimum absolute atomic E-state index is 0.122. The highest BCUT2D eigenvalue weighted by Gasteiger charge is 2.25. The van der Waals surface area contributed by atoms with E-state index in [0.29, 0.717) is 18.8 Å². The number of hydrogen-bond donors (Lipinski definition) is 2. The Balaban J connectivity index is 2.06. The van der Waals surface area contributed by atoms with Crippen LogP contribution in [0.2, 0.25) is 0 Å². The molecule has 0 saturated carbocycles. The molecule has 1 atom stereocenters. The van der Waals surface area contributed by atoms with Crippen molar-refractivity contribution < 1.29 is 4.79 Å². The maximum Gasteiger partial charge on any atom is 0.232 e. The topological polar surface area (TPSA) is 87.9 Å². The summed E-state index contributed by atoms with van der Waals surface area (Å²) >= 11 is 5.05. The fourth-order valence-corrected chi connectivity index (χ4v) is 2.22. The Morgan fingerprint density at radius 3 is 2.71 bits per heavy atom. The van der Waals surface area contributed by atoms with Gasteiger partial charge >= 0.3 is 0 Å². The first kappa shape index (κ1) is 15.1. The van der Waals surface area contributed by atoms with Crippen LogP contribution < -0.4 is 5.73 Å². The lowest BCUT2D eigenvalue weighted by Crippen LogP contribution is -2.40. The van der Waals surface area contributed by atoms with Gasteiger partial charge in [-0.2, -0.15) is 5.10 Å². The van der Waals surface area contributed by atoms with Gasteiger partial charge in [-0.1, -0.05) is 42.5 Å². The van der Waals surface area contributed by atoms with Crippen LogP contribution in [0.1, 0.15) is 11.4 Å². The zero-order chi connectivity index (χ0) is 15.2. The van der Waals surface area contributed by atoms with Gasteiger partial charge in [0.1, 0.15) is 12.2 Å². The van der Waals surface area contributed by atoms with Crippen molar-refractivity contribution >= 4 is 23.1 Å². The maximum atomic E-state index is 12.5. The molecule has 1 heterocycles. The van der Waals surface area contributed by atoms with Crippen LogP contribution in [0.3, 0.4) is 0 Å². The normalized spacial score (nSPS) is 11.9. The summed E-state index contributed by atoms with van der Waals surface area (Å²) in [6, 6.07) is 9.68. The zero-order valence-electron chi connectivity index (χ0n) is 11.7. The smallest absolute Gasteiger partial charge is 0.232 e. The molecular weight excluding hydrogens is 286 g/mol. The Morgan fingerprint density at radius 1 is 1.43 bits per heavy atom. The van der Waals surface area contributed by atoms with Crippen LogP contribution in [0, 0.1) is 5.92 Å². The van der Waals surface area contributed by atoms with Crippen molar-refractivity contribution in [2.75, 3.05) is 7.05 Å². The van der Waals surface area contributed by atoms with Gasteiger partial charge in [-0.25, -0.2) is 4.98 Å². The predicted octanol–water partition coefficient (Wildman–Crippen LogP) is 0.908. The summed E-state index contributed by atoms with van der Waals surface area (Å²) in [5, 5.41) is 6.48. The Bertz CT molecular complexity index is 599. The molecule has 7 heteroatoms. The molecule has 1 unspecified atom stereocenters. The van der Waals surface area contributed by atoms with E-state index in [4.69, 9.17) is 18.0 Å². The van der Waals surface area contributed by atoms with E-state index in [1.165, 1.54) is 6.33 Å². The first-order valence-electron chi connectivity index (χ1n) is 6.50. The SMILES string of the molecule is CN(Cc1ncn[nH]1)C(=O)C(Cc1ccccc1)C(N)=S. The van der Waals surface area contributed by atoms with Crippen molar-refractivity contribution in [3.8, 4) is 0 Å². The molecule has 1 aromatic carbocycles. The highest BCUT2D eigenvalue weighted by molar-refractivity contribution is 7.80. The number of aromatic amines is 1. The van der Waals surface area contributed by atoms with Crippen LogP contribution in [0.5, 0.6) is 0 Å². The number of amides is 1. The Kier molecular flexibility index (Phi) is 4.99. The average molecular weight is 303 g/mol. The molecule has 2 aromatic rings. The molecule has 0 spiro atoms. The number of benzene rings is 1. The van der Waals surface area contributed by atoms with E-state index in [2.05, 4.69) is 15.2 Å². The van der Waals surface area contributed by atoms with Crippen LogP contribution in [0.4, 0.5) is 0 Å². The molecule has 0 bridgehead atoms. The van der Waals surface area contributed by atoms with Gasteiger partial charge in [0, 0.05) is 7.05 Å². The van der Waals surface area contributed by atoms with Gasteiger partial charge in [0.2, 0.25) is 5.91 Å². The maximum absolute atomic E-state index is 12.5. The monoisotopic (exact) mass is 303 g/mol. The van der Waals surface area contributed by atoms with Crippen LogP contribution in [0.15, 0.2) is 36.7 Å². The lowest BCUT2D eigenvalue weighted by Gasteiger charge is -2.22. The highest BCUT2D eigenvalue weighted by Crippen LogP contribution is 2.13. The van der Waals surface area contributed by atoms with Crippen LogP contribution in [0.25, 0.3) is 0 Å². The fraction of sp³-hybridized carbons (Fsp3) is 0.286. The van der Waals surface area contributed by atoms with Crippen molar-refractivity contribution in [1.82, 2.24) is 20.1 Å². The number of carbonyl (C=O) groups excluding carboxylic acids is 1. The molecule has 1 aromatic heterocycles. The van der Waals surface area contributed by atoms with Crippen molar-refractivity contribution in [3.05, 3.63) is 48.0 Å². The molecule has 0 aliphatic rings. The third-order valence-electron chi connectivity index (χ3n) is 3.15. The van der Waals surface area contributed by atoms with Gasteiger partial charge in [-0.05, 0) is 12.0 Å². The number of rotatable bonds is 6. The Labute approximate surface area is 128 Å². The molecule has 1 amide bonds. The average Bonchev–Trinajstić information content (AvgIpc) is 2.97. The number of nitrogens with one attached hydrogen (secondary N) is 1. The number of nitrogens with two attached hydrogens (primary N) is 1. The van der Waals surface area contributed by atoms with E-state index in [0.717, 1.165) is 5.56 Å². The minimum atomic E-state index is -0.518. The second kappa shape index (κ2) is 6.94. The predicted molar refractivity (Wildman–Crippen MR) is 83.3 cm³/mol. The molecule has 0 radical (unpaired) electrons. The van der Waals surface area contributed by atoms with Gasteiger partial charge in [-0.15, -0.1) is 0 Å². The number of nitrogens with zero attached hydrogens (tertiary/aromatic N) is 3. The first-order valence-corrected chi connectivity index (χ1v) is 6.91. The van der Waals surface area contributed by atoms with E-state index < -0.39 is 5.92 Å². The summed E-state index contributed by atoms with van der Waals surface area (Å²) in [7, 11) is 1.70. The lowest BCUT2D eigenvalue weighted by atomic mass is 9.98. The molecule has 0 saturated heterocycles. The first-order chi connectivity index (χ1) is 10.1. The van der Waals surface area contributed by atoms with Crippen molar-refractivity contribution in [2.24, 2.45) is 11.7 Å². The molecule has 6 nitrogen and oxygen atoms in total. The van der Waals surface area contributed by atoms with Crippen molar-refractivity contribution in [3.63, 3.8) is 0 Å². The summed E-state index contributed by atoms with van der Waals surface area (Å²) in [6.07, 6.45) is 1.90. The molecular formula is C14H17N5OS. The largest absolute Gasteiger partial charge is 0.393 e. The molecule has 0 aliphatic carbocycles. The third-order valence-corrected chi connectivity index (χ3v) is 3.44. The number of carbonyl (C=O) groups is 1. The van der Waals surface area contributed by atoms with E-state index in [-0.39, 0.29) is 10.9 Å². The summed E-state index contributed by atoms with van der Waals surface area (Å²) in [6.45, 7) is 0.340. The number of hydrogen-bond acceptors (Lipinski definition) is 4. The van der Waals surface area contributed by atoms with Crippen LogP contribution in [-0.4, -0.2) is 38.0 Å². The summed E-state index contributed by atoms with van der Waals surface area (Å²) in [5.41, 5.74) is 6.77. The van der Waals surface area contributed by atoms with E-state index >= 15 is 0 Å². The number of thiocarbonyl (C=S) groups is 1. The zero-order valence-corrected chi connectivity index (χ0v) is 12.5. The summed E-state index contributed by atoms with van der Waals surface area (Å²) < 4.78 is 0. The minimum Gasteiger partial charge on any atom is -0.393 e. The van der Waals surface area contributed by atoms with Crippen LogP contribution in [-0.2, 0) is 17.8 Å². The van der Waals surface area contributed by atoms with Gasteiger partial charge in [0.15, 0.2) is 0 Å². The number of H-pyrrole nitrogens is 1. The highest BCUT2D eigenvalue weighted by atomic mass is 32.1. The second-order valence-electron chi connectivity index (χ2n) is 4.77. The lowest BCUT2D eigenvalue weighted by molar-refractivity contribution is -0.132. The standard InChI is InChI=1S/C14H17N5OS/c1-19(8-12-16-9-17-18-12)14(20)11(13(15)21)7-10-5-3-2-4-6-10/h2-6,9,11H,7-8H2,1H3,(H2,15,21)(H,16,17,18). The van der Waals surface area contributed by atoms with E-state index in [1.54, 1.807) is 11.9 Å². The molecule has 21 heavy (non-hydrogen) atoms. The molecule has 2 rings (SSSR count). The van der Waals surface area contributed by atoms with Gasteiger partial charge in [-0.3, -0.25) is 9.89 Å². The molecule has 110 valence electrons. The second-order valence-corrected chi connectivity index (χ2v) is 5.24. The summed E-state index contributed by atoms with van der Waals surface area (Å²) in [5.74, 6) is -0.0228. The Hall–Kier alpha value is -2.28. The fourth-order valence-electron chi connectivity index (χ4n) is 2.03. The van der Waals surface area contributed by atoms with Gasteiger partial charge < -0.3 is 10.6 Å². The number of aromatic nitrogens is 3. The summed E-state index contributed by atoms with van der Waals surface area (Å²) in [4.78, 5) is 18.3. The molecule has 0 fully saturated rings. The molecule has 3 N–H and O–H groups in total. The quantitative estimate of drug-likeness (QED) is 0.774. The third kappa shape index (κ3) is 4.09. The van der Waals surface area contributed by atoms with E-state index in [9.17, 15) is 4.79 Å². The van der Waals surface area contributed by atoms with Crippen molar-refractivity contribution in [1.29, 1.82) is 0 Å². The van der Waals surface area contributed by atoms with Crippen LogP contribution >= 0.6 is 12.2 Å². The molecule has 0 aliphatic heterocycles. The van der Waals surface area contributed by atoms with Gasteiger partial charge in [0.05, 0.1) is 17.5 Å². The van der Waals surface area contributed by atoms with Gasteiger partial charge in [0.25, 0.3) is 0 Å².